The molecule has 0 N–H and O–H groups in total. The predicted octanol–water partition coefficient (Wildman–Crippen LogP) is 7.45. The van der Waals surface area contributed by atoms with E-state index < -0.39 is 28.3 Å². The number of fused-ring (bicyclic) bond motifs is 1. The third kappa shape index (κ3) is 9.81. The molecule has 10 nitrogen and oxygen atoms in total. The van der Waals surface area contributed by atoms with Crippen LogP contribution in [0.1, 0.15) is 91.5 Å². The highest BCUT2D eigenvalue weighted by Crippen LogP contribution is 2.46. The zero-order valence-corrected chi connectivity index (χ0v) is 32.9. The molecule has 52 heavy (non-hydrogen) atoms. The molecule has 0 bridgehead atoms. The second-order valence-electron chi connectivity index (χ2n) is 15.7. The lowest BCUT2D eigenvalue weighted by atomic mass is 9.75. The van der Waals surface area contributed by atoms with Gasteiger partial charge in [-0.3, -0.25) is 19.4 Å². The van der Waals surface area contributed by atoms with Crippen LogP contribution in [0.15, 0.2) is 42.7 Å². The van der Waals surface area contributed by atoms with Crippen molar-refractivity contribution < 1.29 is 38.1 Å². The summed E-state index contributed by atoms with van der Waals surface area (Å²) in [4.78, 5) is 47.3. The first-order valence-electron chi connectivity index (χ1n) is 18.9. The number of methoxy groups -OCH3 is 2. The molecule has 0 radical (unpaired) electrons. The largest absolute Gasteiger partial charge is 0.493 e. The smallest absolute Gasteiger partial charge is 0.320 e. The Bertz CT molecular complexity index is 1520. The maximum atomic E-state index is 13.9. The third-order valence-corrected chi connectivity index (χ3v) is 12.6. The molecule has 1 saturated carbocycles. The van der Waals surface area contributed by atoms with Crippen LogP contribution in [0.3, 0.4) is 0 Å². The molecule has 7 atom stereocenters. The average Bonchev–Trinajstić information content (AvgIpc) is 3.73. The number of hydrogen-bond acceptors (Lipinski definition) is 11. The maximum Gasteiger partial charge on any atom is 0.320 e. The Morgan fingerprint density at radius 3 is 2.40 bits per heavy atom. The predicted molar refractivity (Wildman–Crippen MR) is 203 cm³/mol. The van der Waals surface area contributed by atoms with Crippen LogP contribution < -0.4 is 14.4 Å². The fourth-order valence-electron chi connectivity index (χ4n) is 8.33. The quantitative estimate of drug-likeness (QED) is 0.214. The number of ketones is 1. The molecule has 5 rings (SSSR count). The van der Waals surface area contributed by atoms with Gasteiger partial charge in [-0.2, -0.15) is 0 Å². The summed E-state index contributed by atoms with van der Waals surface area (Å²) in [6, 6.07) is 10.0. The number of anilines is 1. The number of thioether (sulfide) groups is 1. The van der Waals surface area contributed by atoms with Crippen molar-refractivity contribution in [3.8, 4) is 11.5 Å². The molecule has 0 amide bonds. The van der Waals surface area contributed by atoms with Gasteiger partial charge in [-0.15, -0.1) is 11.8 Å². The van der Waals surface area contributed by atoms with Crippen LogP contribution in [0.2, 0.25) is 0 Å². The van der Waals surface area contributed by atoms with Crippen LogP contribution in [0, 0.1) is 23.7 Å². The first kappa shape index (κ1) is 39.9. The van der Waals surface area contributed by atoms with E-state index in [4.69, 9.17) is 23.7 Å². The van der Waals surface area contributed by atoms with Crippen molar-refractivity contribution in [1.82, 2.24) is 4.98 Å². The Hall–Kier alpha value is -3.31. The van der Waals surface area contributed by atoms with E-state index in [2.05, 4.69) is 16.8 Å². The topological polar surface area (TPSA) is 113 Å². The number of benzene rings is 1. The number of hydrogen-bond donors (Lipinski definition) is 0. The van der Waals surface area contributed by atoms with E-state index in [1.807, 2.05) is 58.0 Å². The third-order valence-electron chi connectivity index (χ3n) is 11.4. The number of pyridine rings is 1. The fourth-order valence-corrected chi connectivity index (χ4v) is 9.82. The summed E-state index contributed by atoms with van der Waals surface area (Å²) in [5, 5.41) is -0.610. The molecule has 2 aliphatic heterocycles. The van der Waals surface area contributed by atoms with Gasteiger partial charge < -0.3 is 28.6 Å². The van der Waals surface area contributed by atoms with E-state index in [-0.39, 0.29) is 42.3 Å². The lowest BCUT2D eigenvalue weighted by Gasteiger charge is -2.36. The molecular formula is C41H58N2O8S. The SMILES string of the molecule is COc1ccc(N(CCS[C@@H]2C(=O)O[C@]3(C)COC(=O)[C@H](C)C[C@H](C)C[C@](C)(OC)CCC(=O)[C@H](C)[C@@H]23)Cc2ccncc2)cc1OC1CCCC1. The number of nitrogens with zero attached hydrogens (tertiary/aromatic N) is 2. The Kier molecular flexibility index (Phi) is 13.6. The number of cyclic esters (lactones) is 1. The molecule has 2 saturated heterocycles. The Morgan fingerprint density at radius 2 is 1.71 bits per heavy atom. The first-order valence-corrected chi connectivity index (χ1v) is 20.0. The van der Waals surface area contributed by atoms with Crippen molar-refractivity contribution in [2.75, 3.05) is 38.0 Å². The standard InChI is InChI=1S/C41H58N2O8S/c1-27-22-28(2)38(45)49-26-41(5)36(29(3)33(44)14-17-40(4,24-27)48-7)37(39(46)51-41)52-21-20-43(25-30-15-18-42-19-16-30)31-12-13-34(47-6)35(23-31)50-32-10-8-9-11-32/h12-13,15-16,18-19,23,27-29,32,36-37H,8-11,14,17,20-22,24-26H2,1-7H3/t27-,28+,29-,36-,37-,40+,41+/m0/s1. The molecule has 0 unspecified atom stereocenters. The normalized spacial score (nSPS) is 30.6. The number of carbonyl (C=O) groups excluding carboxylic acids is 3. The van der Waals surface area contributed by atoms with Crippen LogP contribution in [0.5, 0.6) is 11.5 Å². The molecule has 0 spiro atoms. The molecule has 11 heteroatoms. The van der Waals surface area contributed by atoms with Gasteiger partial charge in [-0.1, -0.05) is 20.8 Å². The lowest BCUT2D eigenvalue weighted by Crippen LogP contribution is -2.46. The molecule has 286 valence electrons. The summed E-state index contributed by atoms with van der Waals surface area (Å²) < 4.78 is 30.0. The van der Waals surface area contributed by atoms with E-state index in [9.17, 15) is 14.4 Å². The van der Waals surface area contributed by atoms with E-state index in [1.165, 1.54) is 24.6 Å². The summed E-state index contributed by atoms with van der Waals surface area (Å²) in [6.07, 6.45) is 10.4. The average molecular weight is 739 g/mol. The number of rotatable bonds is 11. The number of aromatic nitrogens is 1. The highest BCUT2D eigenvalue weighted by Gasteiger charge is 2.57. The second-order valence-corrected chi connectivity index (χ2v) is 16.9. The molecule has 1 aromatic carbocycles. The molecule has 3 heterocycles. The van der Waals surface area contributed by atoms with E-state index in [0.29, 0.717) is 43.9 Å². The van der Waals surface area contributed by atoms with Crippen molar-refractivity contribution in [1.29, 1.82) is 0 Å². The minimum Gasteiger partial charge on any atom is -0.493 e. The minimum atomic E-state index is -1.14. The molecule has 2 aromatic rings. The number of ether oxygens (including phenoxy) is 5. The molecule has 3 aliphatic rings. The van der Waals surface area contributed by atoms with Crippen LogP contribution >= 0.6 is 11.8 Å². The highest BCUT2D eigenvalue weighted by molar-refractivity contribution is 8.00. The van der Waals surface area contributed by atoms with E-state index >= 15 is 0 Å². The molecule has 1 aromatic heterocycles. The van der Waals surface area contributed by atoms with Gasteiger partial charge in [0.05, 0.1) is 24.7 Å². The van der Waals surface area contributed by atoms with Crippen molar-refractivity contribution in [3.63, 3.8) is 0 Å². The van der Waals surface area contributed by atoms with Gasteiger partial charge in [0.1, 0.15) is 23.2 Å². The summed E-state index contributed by atoms with van der Waals surface area (Å²) >= 11 is 1.50. The summed E-state index contributed by atoms with van der Waals surface area (Å²) in [5.74, 6) is 0.243. The van der Waals surface area contributed by atoms with Gasteiger partial charge in [0.15, 0.2) is 11.5 Å². The first-order chi connectivity index (χ1) is 24.8. The Morgan fingerprint density at radius 1 is 0.981 bits per heavy atom. The number of esters is 2. The van der Waals surface area contributed by atoms with Crippen LogP contribution in [-0.2, 0) is 35.1 Å². The van der Waals surface area contributed by atoms with Gasteiger partial charge in [-0.05, 0) is 94.5 Å². The van der Waals surface area contributed by atoms with Gasteiger partial charge in [-0.25, -0.2) is 0 Å². The monoisotopic (exact) mass is 738 g/mol. The maximum absolute atomic E-state index is 13.9. The highest BCUT2D eigenvalue weighted by atomic mass is 32.2. The van der Waals surface area contributed by atoms with E-state index in [1.54, 1.807) is 26.6 Å². The van der Waals surface area contributed by atoms with Crippen LogP contribution in [-0.4, -0.2) is 78.4 Å². The minimum absolute atomic E-state index is 0.0557. The second kappa shape index (κ2) is 17.7. The lowest BCUT2D eigenvalue weighted by molar-refractivity contribution is -0.167. The summed E-state index contributed by atoms with van der Waals surface area (Å²) in [5.41, 5.74) is 0.423. The fraction of sp³-hybridized carbons (Fsp3) is 0.659. The Balaban J connectivity index is 1.37. The van der Waals surface area contributed by atoms with Crippen molar-refractivity contribution in [2.24, 2.45) is 23.7 Å². The molecule has 1 aliphatic carbocycles. The van der Waals surface area contributed by atoms with Gasteiger partial charge in [0.25, 0.3) is 0 Å². The number of Topliss-reactive ketones (excluding diaryl/α,β-unsaturated/α-hetero) is 1. The zero-order valence-electron chi connectivity index (χ0n) is 32.1. The summed E-state index contributed by atoms with van der Waals surface area (Å²) in [6.45, 7) is 10.9. The zero-order chi connectivity index (χ0) is 37.5. The Labute approximate surface area is 314 Å². The molecular weight excluding hydrogens is 681 g/mol. The van der Waals surface area contributed by atoms with Crippen molar-refractivity contribution in [3.05, 3.63) is 48.3 Å². The van der Waals surface area contributed by atoms with Crippen molar-refractivity contribution in [2.45, 2.75) is 115 Å². The van der Waals surface area contributed by atoms with Gasteiger partial charge >= 0.3 is 11.9 Å². The van der Waals surface area contributed by atoms with Crippen LogP contribution in [0.25, 0.3) is 0 Å². The van der Waals surface area contributed by atoms with E-state index in [0.717, 1.165) is 36.3 Å². The van der Waals surface area contributed by atoms with Gasteiger partial charge in [0, 0.05) is 68.4 Å². The van der Waals surface area contributed by atoms with Gasteiger partial charge in [0.2, 0.25) is 0 Å². The molecule has 3 fully saturated rings. The van der Waals surface area contributed by atoms with Crippen LogP contribution in [0.4, 0.5) is 5.69 Å². The summed E-state index contributed by atoms with van der Waals surface area (Å²) in [7, 11) is 3.34. The van der Waals surface area contributed by atoms with Crippen molar-refractivity contribution >= 4 is 35.2 Å². The number of carbonyl (C=O) groups is 3.